The number of aliphatic hydroxyl groups is 1. The first kappa shape index (κ1) is 12.0. The zero-order chi connectivity index (χ0) is 11.8. The molecule has 0 radical (unpaired) electrons. The van der Waals surface area contributed by atoms with Gasteiger partial charge in [0.2, 0.25) is 0 Å². The summed E-state index contributed by atoms with van der Waals surface area (Å²) in [6.45, 7) is 2.91. The van der Waals surface area contributed by atoms with Crippen LogP contribution < -0.4 is 0 Å². The molecule has 3 saturated carbocycles. The zero-order valence-corrected chi connectivity index (χ0v) is 11.0. The van der Waals surface area contributed by atoms with Crippen LogP contribution in [0.1, 0.15) is 51.9 Å². The minimum absolute atomic E-state index is 0.0159. The molecule has 0 aliphatic heterocycles. The number of hydrogen-bond acceptors (Lipinski definition) is 2. The van der Waals surface area contributed by atoms with Gasteiger partial charge in [0.25, 0.3) is 0 Å². The molecule has 17 heavy (non-hydrogen) atoms. The van der Waals surface area contributed by atoms with Crippen molar-refractivity contribution in [2.24, 2.45) is 23.7 Å². The second-order valence-electron chi connectivity index (χ2n) is 6.56. The molecule has 0 heterocycles. The Morgan fingerprint density at radius 1 is 1.18 bits per heavy atom. The fourth-order valence-corrected chi connectivity index (χ4v) is 4.52. The molecule has 3 aliphatic carbocycles. The van der Waals surface area contributed by atoms with Crippen molar-refractivity contribution in [3.63, 3.8) is 0 Å². The van der Waals surface area contributed by atoms with Crippen molar-refractivity contribution in [1.82, 2.24) is 0 Å². The fourth-order valence-electron chi connectivity index (χ4n) is 4.52. The van der Waals surface area contributed by atoms with E-state index in [1.165, 1.54) is 38.5 Å². The lowest BCUT2D eigenvalue weighted by molar-refractivity contribution is -0.0470. The average Bonchev–Trinajstić information content (AvgIpc) is 2.87. The van der Waals surface area contributed by atoms with E-state index in [1.54, 1.807) is 0 Å². The van der Waals surface area contributed by atoms with E-state index in [1.807, 2.05) is 0 Å². The van der Waals surface area contributed by atoms with Gasteiger partial charge >= 0.3 is 0 Å². The molecule has 0 spiro atoms. The summed E-state index contributed by atoms with van der Waals surface area (Å²) in [5.41, 5.74) is 0. The number of rotatable bonds is 5. The van der Waals surface area contributed by atoms with E-state index in [0.29, 0.717) is 12.0 Å². The summed E-state index contributed by atoms with van der Waals surface area (Å²) in [6.07, 6.45) is 9.44. The Morgan fingerprint density at radius 2 is 2.00 bits per heavy atom. The summed E-state index contributed by atoms with van der Waals surface area (Å²) in [5, 5.41) is 10.4. The molecule has 3 rings (SSSR count). The van der Waals surface area contributed by atoms with Gasteiger partial charge in [-0.3, -0.25) is 0 Å². The van der Waals surface area contributed by atoms with E-state index in [4.69, 9.17) is 4.74 Å². The largest absolute Gasteiger partial charge is 0.393 e. The van der Waals surface area contributed by atoms with Crippen LogP contribution in [-0.2, 0) is 4.74 Å². The van der Waals surface area contributed by atoms with Crippen molar-refractivity contribution in [2.75, 3.05) is 6.61 Å². The van der Waals surface area contributed by atoms with Crippen LogP contribution in [0.4, 0.5) is 0 Å². The van der Waals surface area contributed by atoms with Crippen molar-refractivity contribution in [3.8, 4) is 0 Å². The Hall–Kier alpha value is -0.0800. The molecule has 0 saturated heterocycles. The molecule has 0 aromatic carbocycles. The predicted molar refractivity (Wildman–Crippen MR) is 67.7 cm³/mol. The smallest absolute Gasteiger partial charge is 0.0580 e. The molecule has 98 valence electrons. The molecule has 0 amide bonds. The first-order valence-electron chi connectivity index (χ1n) is 7.56. The van der Waals surface area contributed by atoms with Crippen LogP contribution in [0.3, 0.4) is 0 Å². The second-order valence-corrected chi connectivity index (χ2v) is 6.56. The highest BCUT2D eigenvalue weighted by Gasteiger charge is 2.43. The quantitative estimate of drug-likeness (QED) is 0.798. The van der Waals surface area contributed by atoms with Gasteiger partial charge in [-0.25, -0.2) is 0 Å². The maximum atomic E-state index is 10.4. The van der Waals surface area contributed by atoms with Crippen molar-refractivity contribution in [1.29, 1.82) is 0 Å². The Labute approximate surface area is 105 Å². The summed E-state index contributed by atoms with van der Waals surface area (Å²) in [5.74, 6) is 3.19. The van der Waals surface area contributed by atoms with Gasteiger partial charge in [-0.2, -0.15) is 0 Å². The maximum absolute atomic E-state index is 10.4. The number of fused-ring (bicyclic) bond motifs is 2. The maximum Gasteiger partial charge on any atom is 0.0580 e. The topological polar surface area (TPSA) is 29.5 Å². The van der Waals surface area contributed by atoms with Gasteiger partial charge in [0.15, 0.2) is 0 Å². The van der Waals surface area contributed by atoms with E-state index in [0.717, 1.165) is 30.8 Å². The van der Waals surface area contributed by atoms with Crippen LogP contribution in [0.2, 0.25) is 0 Å². The van der Waals surface area contributed by atoms with Crippen LogP contribution in [-0.4, -0.2) is 23.9 Å². The molecule has 0 aromatic rings. The van der Waals surface area contributed by atoms with Gasteiger partial charge < -0.3 is 9.84 Å². The molecule has 1 N–H and O–H groups in total. The van der Waals surface area contributed by atoms with Crippen LogP contribution >= 0.6 is 0 Å². The van der Waals surface area contributed by atoms with Crippen molar-refractivity contribution < 1.29 is 9.84 Å². The lowest BCUT2D eigenvalue weighted by Crippen LogP contribution is -2.36. The predicted octanol–water partition coefficient (Wildman–Crippen LogP) is 2.99. The Balaban J connectivity index is 1.41. The monoisotopic (exact) mass is 238 g/mol. The molecular formula is C15H26O2. The standard InChI is InChI=1S/C15H26O2/c1-2-17-13-6-11(7-13)9-15(16)14-8-10-3-4-12(14)5-10/h10-16H,2-9H2,1H3. The molecule has 0 aromatic heterocycles. The lowest BCUT2D eigenvalue weighted by Gasteiger charge is -2.38. The van der Waals surface area contributed by atoms with Crippen LogP contribution in [0.5, 0.6) is 0 Å². The van der Waals surface area contributed by atoms with E-state index in [-0.39, 0.29) is 6.10 Å². The molecule has 2 nitrogen and oxygen atoms in total. The molecule has 2 heteroatoms. The van der Waals surface area contributed by atoms with Crippen LogP contribution in [0.25, 0.3) is 0 Å². The van der Waals surface area contributed by atoms with Crippen molar-refractivity contribution in [3.05, 3.63) is 0 Å². The summed E-state index contributed by atoms with van der Waals surface area (Å²) in [4.78, 5) is 0. The highest BCUT2D eigenvalue weighted by Crippen LogP contribution is 2.50. The third-order valence-electron chi connectivity index (χ3n) is 5.46. The summed E-state index contributed by atoms with van der Waals surface area (Å²) >= 11 is 0. The third kappa shape index (κ3) is 2.39. The first-order valence-corrected chi connectivity index (χ1v) is 7.56. The fraction of sp³-hybridized carbons (Fsp3) is 1.00. The Morgan fingerprint density at radius 3 is 2.59 bits per heavy atom. The summed E-state index contributed by atoms with van der Waals surface area (Å²) in [7, 11) is 0. The SMILES string of the molecule is CCOC1CC(CC(O)C2CC3CCC2C3)C1. The van der Waals surface area contributed by atoms with Gasteiger partial charge in [0.05, 0.1) is 12.2 Å². The van der Waals surface area contributed by atoms with Gasteiger partial charge in [-0.1, -0.05) is 6.42 Å². The molecule has 3 fully saturated rings. The molecular weight excluding hydrogens is 212 g/mol. The van der Waals surface area contributed by atoms with Crippen LogP contribution in [0, 0.1) is 23.7 Å². The van der Waals surface area contributed by atoms with Crippen LogP contribution in [0.15, 0.2) is 0 Å². The number of ether oxygens (including phenoxy) is 1. The van der Waals surface area contributed by atoms with Gasteiger partial charge in [0, 0.05) is 6.61 Å². The minimum atomic E-state index is -0.0159. The Kier molecular flexibility index (Phi) is 3.45. The minimum Gasteiger partial charge on any atom is -0.393 e. The second kappa shape index (κ2) is 4.89. The van der Waals surface area contributed by atoms with Gasteiger partial charge in [-0.15, -0.1) is 0 Å². The normalized spacial score (nSPS) is 45.9. The molecule has 4 atom stereocenters. The van der Waals surface area contributed by atoms with E-state index in [2.05, 4.69) is 6.92 Å². The Bertz CT molecular complexity index is 260. The lowest BCUT2D eigenvalue weighted by atomic mass is 9.74. The number of aliphatic hydroxyl groups excluding tert-OH is 1. The van der Waals surface area contributed by atoms with E-state index >= 15 is 0 Å². The third-order valence-corrected chi connectivity index (χ3v) is 5.46. The summed E-state index contributed by atoms with van der Waals surface area (Å²) in [6, 6.07) is 0. The highest BCUT2D eigenvalue weighted by atomic mass is 16.5. The zero-order valence-electron chi connectivity index (χ0n) is 11.0. The van der Waals surface area contributed by atoms with E-state index in [9.17, 15) is 5.11 Å². The van der Waals surface area contributed by atoms with Crippen molar-refractivity contribution in [2.45, 2.75) is 64.1 Å². The van der Waals surface area contributed by atoms with Gasteiger partial charge in [0.1, 0.15) is 0 Å². The summed E-state index contributed by atoms with van der Waals surface area (Å²) < 4.78 is 5.58. The molecule has 2 bridgehead atoms. The molecule has 4 unspecified atom stereocenters. The molecule has 3 aliphatic rings. The number of hydrogen-bond donors (Lipinski definition) is 1. The van der Waals surface area contributed by atoms with E-state index < -0.39 is 0 Å². The van der Waals surface area contributed by atoms with Gasteiger partial charge in [-0.05, 0) is 69.1 Å². The average molecular weight is 238 g/mol. The van der Waals surface area contributed by atoms with Crippen molar-refractivity contribution >= 4 is 0 Å². The highest BCUT2D eigenvalue weighted by molar-refractivity contribution is 4.94. The first-order chi connectivity index (χ1) is 8.26.